The first-order valence-corrected chi connectivity index (χ1v) is 5.91. The highest BCUT2D eigenvalue weighted by atomic mass is 16.5. The zero-order chi connectivity index (χ0) is 12.7. The number of hydrogen-bond donors (Lipinski definition) is 1. The van der Waals surface area contributed by atoms with Crippen LogP contribution in [-0.2, 0) is 9.53 Å². The van der Waals surface area contributed by atoms with Gasteiger partial charge in [-0.1, -0.05) is 27.4 Å². The van der Waals surface area contributed by atoms with Crippen molar-refractivity contribution in [2.24, 2.45) is 5.92 Å². The van der Waals surface area contributed by atoms with Crippen LogP contribution in [0.2, 0.25) is 0 Å². The Kier molecular flexibility index (Phi) is 7.06. The first kappa shape index (κ1) is 15.2. The molecule has 0 heterocycles. The molecular weight excluding hydrogens is 204 g/mol. The third-order valence-electron chi connectivity index (χ3n) is 2.36. The summed E-state index contributed by atoms with van der Waals surface area (Å²) in [6.07, 6.45) is 1.35. The monoisotopic (exact) mass is 228 g/mol. The molecule has 0 fully saturated rings. The molecule has 3 nitrogen and oxygen atoms in total. The molecule has 0 aliphatic rings. The van der Waals surface area contributed by atoms with Crippen LogP contribution in [0, 0.1) is 5.92 Å². The summed E-state index contributed by atoms with van der Waals surface area (Å²) in [7, 11) is 0. The topological polar surface area (TPSA) is 46.5 Å². The van der Waals surface area contributed by atoms with E-state index in [1.54, 1.807) is 6.92 Å². The van der Waals surface area contributed by atoms with Gasteiger partial charge in [-0.25, -0.2) is 4.79 Å². The third-order valence-corrected chi connectivity index (χ3v) is 2.36. The number of ether oxygens (including phenoxy) is 1. The molecule has 0 aromatic heterocycles. The molecule has 0 amide bonds. The van der Waals surface area contributed by atoms with E-state index in [0.29, 0.717) is 24.3 Å². The summed E-state index contributed by atoms with van der Waals surface area (Å²) in [5.41, 5.74) is 0.403. The molecule has 0 spiro atoms. The molecule has 0 saturated carbocycles. The van der Waals surface area contributed by atoms with E-state index < -0.39 is 6.10 Å². The normalized spacial score (nSPS) is 14.6. The van der Waals surface area contributed by atoms with Crippen LogP contribution in [0.4, 0.5) is 0 Å². The molecule has 0 radical (unpaired) electrons. The van der Waals surface area contributed by atoms with E-state index in [1.807, 2.05) is 6.92 Å². The molecule has 0 rings (SSSR count). The van der Waals surface area contributed by atoms with Crippen molar-refractivity contribution in [2.45, 2.75) is 59.2 Å². The van der Waals surface area contributed by atoms with Crippen LogP contribution >= 0.6 is 0 Å². The Morgan fingerprint density at radius 3 is 2.31 bits per heavy atom. The maximum atomic E-state index is 11.4. The molecule has 0 saturated heterocycles. The van der Waals surface area contributed by atoms with Crippen molar-refractivity contribution in [1.29, 1.82) is 0 Å². The van der Waals surface area contributed by atoms with Crippen LogP contribution < -0.4 is 0 Å². The Labute approximate surface area is 98.5 Å². The number of carbonyl (C=O) groups is 1. The summed E-state index contributed by atoms with van der Waals surface area (Å²) in [4.78, 5) is 11.4. The van der Waals surface area contributed by atoms with Crippen molar-refractivity contribution in [3.05, 3.63) is 12.2 Å². The average Bonchev–Trinajstić information content (AvgIpc) is 2.16. The van der Waals surface area contributed by atoms with Crippen LogP contribution in [0.5, 0.6) is 0 Å². The van der Waals surface area contributed by atoms with Crippen LogP contribution in [0.25, 0.3) is 0 Å². The van der Waals surface area contributed by atoms with Gasteiger partial charge in [0.25, 0.3) is 0 Å². The average molecular weight is 228 g/mol. The van der Waals surface area contributed by atoms with Crippen LogP contribution in [-0.4, -0.2) is 23.3 Å². The minimum absolute atomic E-state index is 0.209. The Hall–Kier alpha value is -0.830. The number of aliphatic hydroxyl groups excluding tert-OH is 1. The van der Waals surface area contributed by atoms with Gasteiger partial charge in [-0.05, 0) is 25.7 Å². The molecule has 0 aromatic rings. The van der Waals surface area contributed by atoms with Crippen LogP contribution in [0.1, 0.15) is 47.0 Å². The SMILES string of the molecule is C=C(C)C(=O)OC(CC(C)C)CC(O)CC. The summed E-state index contributed by atoms with van der Waals surface area (Å²) >= 11 is 0. The summed E-state index contributed by atoms with van der Waals surface area (Å²) in [5, 5.41) is 9.58. The standard InChI is InChI=1S/C13H24O3/c1-6-11(14)8-12(7-9(2)3)16-13(15)10(4)5/h9,11-12,14H,4,6-8H2,1-3,5H3. The summed E-state index contributed by atoms with van der Waals surface area (Å²) in [5.74, 6) is 0.0703. The van der Waals surface area contributed by atoms with Gasteiger partial charge in [0.05, 0.1) is 6.10 Å². The molecular formula is C13H24O3. The highest BCUT2D eigenvalue weighted by molar-refractivity contribution is 5.87. The lowest BCUT2D eigenvalue weighted by molar-refractivity contribution is -0.146. The first-order valence-electron chi connectivity index (χ1n) is 5.91. The van der Waals surface area contributed by atoms with E-state index >= 15 is 0 Å². The number of hydrogen-bond acceptors (Lipinski definition) is 3. The van der Waals surface area contributed by atoms with Gasteiger partial charge in [-0.2, -0.15) is 0 Å². The lowest BCUT2D eigenvalue weighted by atomic mass is 10.00. The van der Waals surface area contributed by atoms with Crippen molar-refractivity contribution in [2.75, 3.05) is 0 Å². The fraction of sp³-hybridized carbons (Fsp3) is 0.769. The number of aliphatic hydroxyl groups is 1. The van der Waals surface area contributed by atoms with Crippen molar-refractivity contribution < 1.29 is 14.6 Å². The van der Waals surface area contributed by atoms with Gasteiger partial charge >= 0.3 is 5.97 Å². The summed E-state index contributed by atoms with van der Waals surface area (Å²) in [6.45, 7) is 11.2. The van der Waals surface area contributed by atoms with E-state index in [2.05, 4.69) is 20.4 Å². The van der Waals surface area contributed by atoms with Crippen molar-refractivity contribution >= 4 is 5.97 Å². The third kappa shape index (κ3) is 6.62. The minimum Gasteiger partial charge on any atom is -0.459 e. The van der Waals surface area contributed by atoms with Gasteiger partial charge in [0, 0.05) is 12.0 Å². The summed E-state index contributed by atoms with van der Waals surface area (Å²) < 4.78 is 5.30. The van der Waals surface area contributed by atoms with Gasteiger partial charge in [0.2, 0.25) is 0 Å². The quantitative estimate of drug-likeness (QED) is 0.538. The Balaban J connectivity index is 4.30. The fourth-order valence-electron chi connectivity index (χ4n) is 1.44. The van der Waals surface area contributed by atoms with Crippen molar-refractivity contribution in [3.8, 4) is 0 Å². The highest BCUT2D eigenvalue weighted by Crippen LogP contribution is 2.16. The van der Waals surface area contributed by atoms with Crippen molar-refractivity contribution in [1.82, 2.24) is 0 Å². The zero-order valence-corrected chi connectivity index (χ0v) is 10.8. The van der Waals surface area contributed by atoms with Gasteiger partial charge in [-0.15, -0.1) is 0 Å². The molecule has 0 bridgehead atoms. The zero-order valence-electron chi connectivity index (χ0n) is 10.8. The molecule has 0 aliphatic carbocycles. The van der Waals surface area contributed by atoms with E-state index in [9.17, 15) is 9.90 Å². The van der Waals surface area contributed by atoms with E-state index in [4.69, 9.17) is 4.74 Å². The van der Waals surface area contributed by atoms with Gasteiger partial charge in [0.15, 0.2) is 0 Å². The molecule has 2 atom stereocenters. The lowest BCUT2D eigenvalue weighted by Crippen LogP contribution is -2.25. The molecule has 16 heavy (non-hydrogen) atoms. The second-order valence-electron chi connectivity index (χ2n) is 4.73. The van der Waals surface area contributed by atoms with Gasteiger partial charge in [-0.3, -0.25) is 0 Å². The smallest absolute Gasteiger partial charge is 0.333 e. The van der Waals surface area contributed by atoms with E-state index in [1.165, 1.54) is 0 Å². The van der Waals surface area contributed by atoms with Gasteiger partial charge in [0.1, 0.15) is 6.10 Å². The highest BCUT2D eigenvalue weighted by Gasteiger charge is 2.19. The van der Waals surface area contributed by atoms with Crippen LogP contribution in [0.3, 0.4) is 0 Å². The lowest BCUT2D eigenvalue weighted by Gasteiger charge is -2.22. The number of esters is 1. The predicted octanol–water partition coefficient (Wildman–Crippen LogP) is 2.68. The minimum atomic E-state index is -0.401. The molecule has 0 aromatic carbocycles. The molecule has 2 unspecified atom stereocenters. The van der Waals surface area contributed by atoms with Crippen LogP contribution in [0.15, 0.2) is 12.2 Å². The van der Waals surface area contributed by atoms with E-state index in [0.717, 1.165) is 6.42 Å². The van der Waals surface area contributed by atoms with Gasteiger partial charge < -0.3 is 9.84 Å². The number of carbonyl (C=O) groups excluding carboxylic acids is 1. The maximum Gasteiger partial charge on any atom is 0.333 e. The second-order valence-corrected chi connectivity index (χ2v) is 4.73. The Bertz CT molecular complexity index is 233. The Morgan fingerprint density at radius 1 is 1.38 bits per heavy atom. The molecule has 0 aliphatic heterocycles. The molecule has 1 N–H and O–H groups in total. The fourth-order valence-corrected chi connectivity index (χ4v) is 1.44. The number of rotatable bonds is 7. The Morgan fingerprint density at radius 2 is 1.94 bits per heavy atom. The molecule has 94 valence electrons. The predicted molar refractivity (Wildman–Crippen MR) is 65.1 cm³/mol. The maximum absolute atomic E-state index is 11.4. The largest absolute Gasteiger partial charge is 0.459 e. The summed E-state index contributed by atoms with van der Waals surface area (Å²) in [6, 6.07) is 0. The van der Waals surface area contributed by atoms with Crippen molar-refractivity contribution in [3.63, 3.8) is 0 Å². The molecule has 3 heteroatoms. The van der Waals surface area contributed by atoms with E-state index in [-0.39, 0.29) is 12.1 Å². The first-order chi connectivity index (χ1) is 7.36. The second kappa shape index (κ2) is 7.44.